The highest BCUT2D eigenvalue weighted by Crippen LogP contribution is 2.38. The van der Waals surface area contributed by atoms with Crippen molar-refractivity contribution in [2.24, 2.45) is 11.8 Å². The minimum Gasteiger partial charge on any atom is -0.310 e. The molecule has 2 atom stereocenters. The molecule has 1 aliphatic carbocycles. The van der Waals surface area contributed by atoms with Crippen molar-refractivity contribution in [3.8, 4) is 0 Å². The van der Waals surface area contributed by atoms with Crippen LogP contribution < -0.4 is 4.90 Å². The fourth-order valence-corrected chi connectivity index (χ4v) is 5.19. The number of hydrogen-bond acceptors (Lipinski definition) is 4. The number of nitrogens with zero attached hydrogens (tertiary/aromatic N) is 2. The molecule has 2 heterocycles. The van der Waals surface area contributed by atoms with E-state index in [2.05, 4.69) is 0 Å². The van der Waals surface area contributed by atoms with Gasteiger partial charge in [0.2, 0.25) is 17.7 Å². The molecule has 6 heteroatoms. The standard InChI is InChI=1S/C19H22N2O3S/c22-17(20-10-5-11-25-16-9-4-3-8-15(16)20)12-21-18(23)13-6-1-2-7-14(13)19(21)24/h3-4,8-9,13-14H,1-2,5-7,10-12H2. The van der Waals surface area contributed by atoms with Crippen molar-refractivity contribution in [1.82, 2.24) is 4.90 Å². The first-order valence-electron chi connectivity index (χ1n) is 9.04. The van der Waals surface area contributed by atoms with Crippen LogP contribution in [0.1, 0.15) is 32.1 Å². The van der Waals surface area contributed by atoms with Gasteiger partial charge in [-0.2, -0.15) is 0 Å². The van der Waals surface area contributed by atoms with Crippen LogP contribution in [0.4, 0.5) is 5.69 Å². The second kappa shape index (κ2) is 6.83. The first kappa shape index (κ1) is 16.6. The number of carbonyl (C=O) groups is 3. The van der Waals surface area contributed by atoms with Crippen molar-refractivity contribution in [3.63, 3.8) is 0 Å². The molecule has 1 aromatic rings. The average molecular weight is 358 g/mol. The van der Waals surface area contributed by atoms with Gasteiger partial charge in [0.1, 0.15) is 6.54 Å². The molecule has 4 rings (SSSR count). The Bertz CT molecular complexity index is 696. The molecule has 3 amide bonds. The second-order valence-electron chi connectivity index (χ2n) is 6.98. The van der Waals surface area contributed by atoms with Crippen LogP contribution >= 0.6 is 11.8 Å². The minimum atomic E-state index is -0.193. The molecule has 0 N–H and O–H groups in total. The highest BCUT2D eigenvalue weighted by atomic mass is 32.2. The summed E-state index contributed by atoms with van der Waals surface area (Å²) in [6.07, 6.45) is 4.46. The van der Waals surface area contributed by atoms with E-state index in [0.29, 0.717) is 6.54 Å². The van der Waals surface area contributed by atoms with E-state index in [1.54, 1.807) is 16.7 Å². The summed E-state index contributed by atoms with van der Waals surface area (Å²) in [6.45, 7) is 0.510. The monoisotopic (exact) mass is 358 g/mol. The van der Waals surface area contributed by atoms with E-state index in [1.165, 1.54) is 4.90 Å². The lowest BCUT2D eigenvalue weighted by molar-refractivity contribution is -0.143. The van der Waals surface area contributed by atoms with E-state index in [-0.39, 0.29) is 36.1 Å². The first-order valence-corrected chi connectivity index (χ1v) is 10.0. The Morgan fingerprint density at radius 2 is 1.72 bits per heavy atom. The SMILES string of the molecule is O=C1C2CCCCC2C(=O)N1CC(=O)N1CCCSc2ccccc21. The molecule has 1 saturated carbocycles. The number of benzene rings is 1. The van der Waals surface area contributed by atoms with Crippen LogP contribution in [-0.4, -0.2) is 41.5 Å². The van der Waals surface area contributed by atoms with Gasteiger partial charge in [0.25, 0.3) is 0 Å². The summed E-state index contributed by atoms with van der Waals surface area (Å²) >= 11 is 1.75. The maximum Gasteiger partial charge on any atom is 0.247 e. The zero-order valence-corrected chi connectivity index (χ0v) is 15.0. The zero-order valence-electron chi connectivity index (χ0n) is 14.1. The molecule has 5 nitrogen and oxygen atoms in total. The Balaban J connectivity index is 1.54. The Labute approximate surface area is 151 Å². The number of likely N-dealkylation sites (tertiary alicyclic amines) is 1. The van der Waals surface area contributed by atoms with Crippen LogP contribution in [0.5, 0.6) is 0 Å². The number of fused-ring (bicyclic) bond motifs is 2. The fraction of sp³-hybridized carbons (Fsp3) is 0.526. The summed E-state index contributed by atoms with van der Waals surface area (Å²) in [5, 5.41) is 0. The van der Waals surface area contributed by atoms with Crippen molar-refractivity contribution < 1.29 is 14.4 Å². The molecule has 0 radical (unpaired) electrons. The molecule has 3 aliphatic rings. The predicted octanol–water partition coefficient (Wildman–Crippen LogP) is 2.69. The molecule has 25 heavy (non-hydrogen) atoms. The van der Waals surface area contributed by atoms with Gasteiger partial charge >= 0.3 is 0 Å². The predicted molar refractivity (Wildman–Crippen MR) is 96.3 cm³/mol. The van der Waals surface area contributed by atoms with Gasteiger partial charge in [-0.3, -0.25) is 19.3 Å². The summed E-state index contributed by atoms with van der Waals surface area (Å²) < 4.78 is 0. The van der Waals surface area contributed by atoms with Crippen LogP contribution in [0.2, 0.25) is 0 Å². The van der Waals surface area contributed by atoms with Gasteiger partial charge in [-0.25, -0.2) is 0 Å². The Kier molecular flexibility index (Phi) is 4.54. The molecule has 1 aromatic carbocycles. The third kappa shape index (κ3) is 2.97. The second-order valence-corrected chi connectivity index (χ2v) is 8.11. The first-order chi connectivity index (χ1) is 12.2. The number of thioether (sulfide) groups is 1. The summed E-state index contributed by atoms with van der Waals surface area (Å²) in [4.78, 5) is 42.2. The normalized spacial score (nSPS) is 26.2. The van der Waals surface area contributed by atoms with Gasteiger partial charge in [0.05, 0.1) is 17.5 Å². The summed E-state index contributed by atoms with van der Waals surface area (Å²) in [5.74, 6) is 0.144. The van der Waals surface area contributed by atoms with Gasteiger partial charge in [-0.1, -0.05) is 25.0 Å². The van der Waals surface area contributed by atoms with Crippen LogP contribution in [0, 0.1) is 11.8 Å². The third-order valence-electron chi connectivity index (χ3n) is 5.47. The van der Waals surface area contributed by atoms with Crippen molar-refractivity contribution in [3.05, 3.63) is 24.3 Å². The molecule has 0 aromatic heterocycles. The highest BCUT2D eigenvalue weighted by molar-refractivity contribution is 7.99. The molecule has 2 fully saturated rings. The van der Waals surface area contributed by atoms with E-state index >= 15 is 0 Å². The number of hydrogen-bond donors (Lipinski definition) is 0. The lowest BCUT2D eigenvalue weighted by Crippen LogP contribution is -2.43. The third-order valence-corrected chi connectivity index (χ3v) is 6.62. The largest absolute Gasteiger partial charge is 0.310 e. The van der Waals surface area contributed by atoms with E-state index in [9.17, 15) is 14.4 Å². The molecule has 2 unspecified atom stereocenters. The summed E-state index contributed by atoms with van der Waals surface area (Å²) in [6, 6.07) is 7.86. The van der Waals surface area contributed by atoms with Crippen molar-refractivity contribution in [1.29, 1.82) is 0 Å². The van der Waals surface area contributed by atoms with Crippen molar-refractivity contribution in [2.45, 2.75) is 37.0 Å². The average Bonchev–Trinajstić information content (AvgIpc) is 2.81. The van der Waals surface area contributed by atoms with Crippen molar-refractivity contribution >= 4 is 35.2 Å². The molecular weight excluding hydrogens is 336 g/mol. The number of rotatable bonds is 2. The van der Waals surface area contributed by atoms with Crippen molar-refractivity contribution in [2.75, 3.05) is 23.7 Å². The molecule has 2 aliphatic heterocycles. The maximum absolute atomic E-state index is 12.9. The topological polar surface area (TPSA) is 57.7 Å². The minimum absolute atomic E-state index is 0.121. The zero-order chi connectivity index (χ0) is 17.4. The van der Waals surface area contributed by atoms with E-state index in [4.69, 9.17) is 0 Å². The quantitative estimate of drug-likeness (QED) is 0.763. The number of amides is 3. The Hall–Kier alpha value is -1.82. The van der Waals surface area contributed by atoms with Crippen LogP contribution in [0.3, 0.4) is 0 Å². The fourth-order valence-electron chi connectivity index (χ4n) is 4.19. The number of para-hydroxylation sites is 1. The molecule has 132 valence electrons. The van der Waals surface area contributed by atoms with E-state index < -0.39 is 0 Å². The number of carbonyl (C=O) groups excluding carboxylic acids is 3. The Morgan fingerprint density at radius 1 is 1.04 bits per heavy atom. The van der Waals surface area contributed by atoms with Crippen LogP contribution in [0.25, 0.3) is 0 Å². The Morgan fingerprint density at radius 3 is 2.44 bits per heavy atom. The van der Waals surface area contributed by atoms with Gasteiger partial charge in [-0.05, 0) is 37.1 Å². The molecular formula is C19H22N2O3S. The smallest absolute Gasteiger partial charge is 0.247 e. The number of anilines is 1. The van der Waals surface area contributed by atoms with Gasteiger partial charge in [0, 0.05) is 11.4 Å². The van der Waals surface area contributed by atoms with E-state index in [1.807, 2.05) is 24.3 Å². The van der Waals surface area contributed by atoms with Gasteiger partial charge in [-0.15, -0.1) is 11.8 Å². The van der Waals surface area contributed by atoms with E-state index in [0.717, 1.165) is 48.4 Å². The lowest BCUT2D eigenvalue weighted by atomic mass is 9.81. The maximum atomic E-state index is 12.9. The highest BCUT2D eigenvalue weighted by Gasteiger charge is 2.48. The van der Waals surface area contributed by atoms with Crippen LogP contribution in [-0.2, 0) is 14.4 Å². The van der Waals surface area contributed by atoms with Gasteiger partial charge < -0.3 is 4.90 Å². The summed E-state index contributed by atoms with van der Waals surface area (Å²) in [7, 11) is 0. The number of imide groups is 1. The molecule has 0 spiro atoms. The lowest BCUT2D eigenvalue weighted by Gasteiger charge is -2.25. The molecule has 0 bridgehead atoms. The van der Waals surface area contributed by atoms with Gasteiger partial charge in [0.15, 0.2) is 0 Å². The van der Waals surface area contributed by atoms with Crippen LogP contribution in [0.15, 0.2) is 29.2 Å². The summed E-state index contributed by atoms with van der Waals surface area (Å²) in [5.41, 5.74) is 0.895. The molecule has 1 saturated heterocycles.